The van der Waals surface area contributed by atoms with Crippen LogP contribution in [0.4, 0.5) is 0 Å². The zero-order valence-corrected chi connectivity index (χ0v) is 11.3. The van der Waals surface area contributed by atoms with Crippen LogP contribution < -0.4 is 0 Å². The van der Waals surface area contributed by atoms with Gasteiger partial charge in [-0.2, -0.15) is 0 Å². The summed E-state index contributed by atoms with van der Waals surface area (Å²) in [5.41, 5.74) is 0. The number of rotatable bonds is 2. The predicted octanol–water partition coefficient (Wildman–Crippen LogP) is 0.799. The zero-order chi connectivity index (χ0) is 12.5. The lowest BCUT2D eigenvalue weighted by molar-refractivity contribution is 0.0681. The van der Waals surface area contributed by atoms with Gasteiger partial charge in [-0.3, -0.25) is 4.90 Å². The monoisotopic (exact) mass is 261 g/mol. The summed E-state index contributed by atoms with van der Waals surface area (Å²) in [4.78, 5) is 2.13. The summed E-state index contributed by atoms with van der Waals surface area (Å²) in [6.45, 7) is 0. The number of sulfone groups is 1. The second kappa shape index (κ2) is 5.24. The van der Waals surface area contributed by atoms with Gasteiger partial charge in [0.05, 0.1) is 23.7 Å². The molecule has 1 aliphatic carbocycles. The number of hydrogen-bond acceptors (Lipinski definition) is 4. The van der Waals surface area contributed by atoms with Crippen LogP contribution in [0.5, 0.6) is 0 Å². The van der Waals surface area contributed by atoms with Crippen LogP contribution in [0.3, 0.4) is 0 Å². The van der Waals surface area contributed by atoms with Crippen molar-refractivity contribution in [3.05, 3.63) is 0 Å². The molecular weight excluding hydrogens is 238 g/mol. The van der Waals surface area contributed by atoms with Crippen molar-refractivity contribution in [1.29, 1.82) is 0 Å². The van der Waals surface area contributed by atoms with Gasteiger partial charge in [-0.05, 0) is 19.9 Å². The second-order valence-electron chi connectivity index (χ2n) is 5.52. The van der Waals surface area contributed by atoms with Gasteiger partial charge in [0.25, 0.3) is 0 Å². The highest BCUT2D eigenvalue weighted by atomic mass is 32.2. The van der Waals surface area contributed by atoms with E-state index in [0.717, 1.165) is 12.8 Å². The van der Waals surface area contributed by atoms with Gasteiger partial charge < -0.3 is 5.11 Å². The Balaban J connectivity index is 2.01. The summed E-state index contributed by atoms with van der Waals surface area (Å²) in [6, 6.07) is 0.258. The van der Waals surface area contributed by atoms with Crippen LogP contribution in [-0.4, -0.2) is 55.2 Å². The maximum atomic E-state index is 11.5. The van der Waals surface area contributed by atoms with Crippen LogP contribution in [0.2, 0.25) is 0 Å². The Morgan fingerprint density at radius 2 is 1.65 bits per heavy atom. The minimum absolute atomic E-state index is 0.0608. The molecule has 1 saturated carbocycles. The Bertz CT molecular complexity index is 347. The largest absolute Gasteiger partial charge is 0.390 e. The van der Waals surface area contributed by atoms with Crippen molar-refractivity contribution in [3.63, 3.8) is 0 Å². The van der Waals surface area contributed by atoms with E-state index in [-0.39, 0.29) is 17.5 Å². The first-order valence-electron chi connectivity index (χ1n) is 6.60. The number of aliphatic hydroxyl groups is 1. The molecule has 1 aliphatic heterocycles. The first kappa shape index (κ1) is 13.3. The van der Waals surface area contributed by atoms with Crippen LogP contribution in [0.1, 0.15) is 38.5 Å². The second-order valence-corrected chi connectivity index (χ2v) is 7.68. The molecule has 2 rings (SSSR count). The van der Waals surface area contributed by atoms with Crippen molar-refractivity contribution in [1.82, 2.24) is 4.90 Å². The van der Waals surface area contributed by atoms with E-state index < -0.39 is 15.9 Å². The zero-order valence-electron chi connectivity index (χ0n) is 10.5. The maximum Gasteiger partial charge on any atom is 0.154 e. The highest BCUT2D eigenvalue weighted by Crippen LogP contribution is 2.26. The van der Waals surface area contributed by atoms with Crippen LogP contribution in [0, 0.1) is 0 Å². The average molecular weight is 261 g/mol. The number of nitrogens with zero attached hydrogens (tertiary/aromatic N) is 1. The average Bonchev–Trinajstić information content (AvgIpc) is 2.47. The molecule has 0 aromatic carbocycles. The van der Waals surface area contributed by atoms with E-state index >= 15 is 0 Å². The fourth-order valence-corrected chi connectivity index (χ4v) is 4.99. The topological polar surface area (TPSA) is 57.6 Å². The molecule has 0 amide bonds. The number of likely N-dealkylation sites (N-methyl/N-ethyl adjacent to an activating group) is 1. The Morgan fingerprint density at radius 3 is 2.12 bits per heavy atom. The van der Waals surface area contributed by atoms with Crippen LogP contribution >= 0.6 is 0 Å². The molecule has 1 saturated heterocycles. The number of hydrogen-bond donors (Lipinski definition) is 1. The maximum absolute atomic E-state index is 11.5. The van der Waals surface area contributed by atoms with Crippen molar-refractivity contribution in [2.75, 3.05) is 18.6 Å². The highest BCUT2D eigenvalue weighted by molar-refractivity contribution is 7.91. The third-order valence-corrected chi connectivity index (χ3v) is 5.92. The van der Waals surface area contributed by atoms with Crippen molar-refractivity contribution >= 4 is 9.84 Å². The number of aliphatic hydroxyl groups excluding tert-OH is 1. The lowest BCUT2D eigenvalue weighted by Crippen LogP contribution is -2.46. The van der Waals surface area contributed by atoms with Gasteiger partial charge in [0.1, 0.15) is 0 Å². The van der Waals surface area contributed by atoms with Gasteiger partial charge in [0.15, 0.2) is 9.84 Å². The fourth-order valence-electron chi connectivity index (χ4n) is 3.14. The van der Waals surface area contributed by atoms with Gasteiger partial charge in [0, 0.05) is 6.04 Å². The molecule has 100 valence electrons. The summed E-state index contributed by atoms with van der Waals surface area (Å²) in [5, 5.41) is 9.88. The molecule has 0 aromatic heterocycles. The van der Waals surface area contributed by atoms with E-state index in [9.17, 15) is 13.5 Å². The van der Waals surface area contributed by atoms with E-state index in [2.05, 4.69) is 4.90 Å². The van der Waals surface area contributed by atoms with Gasteiger partial charge in [0.2, 0.25) is 0 Å². The van der Waals surface area contributed by atoms with E-state index in [1.54, 1.807) is 0 Å². The van der Waals surface area contributed by atoms with E-state index in [1.807, 2.05) is 7.05 Å². The van der Waals surface area contributed by atoms with Gasteiger partial charge >= 0.3 is 0 Å². The Morgan fingerprint density at radius 1 is 1.06 bits per heavy atom. The lowest BCUT2D eigenvalue weighted by atomic mass is 10.0. The van der Waals surface area contributed by atoms with Crippen LogP contribution in [0.25, 0.3) is 0 Å². The molecule has 5 heteroatoms. The first-order valence-corrected chi connectivity index (χ1v) is 8.42. The normalized spacial score (nSPS) is 35.0. The smallest absolute Gasteiger partial charge is 0.154 e. The minimum Gasteiger partial charge on any atom is -0.390 e. The molecule has 2 fully saturated rings. The van der Waals surface area contributed by atoms with Crippen molar-refractivity contribution < 1.29 is 13.5 Å². The summed E-state index contributed by atoms with van der Waals surface area (Å²) < 4.78 is 23.0. The first-order chi connectivity index (χ1) is 7.99. The fraction of sp³-hybridized carbons (Fsp3) is 1.00. The van der Waals surface area contributed by atoms with Crippen molar-refractivity contribution in [2.45, 2.75) is 56.7 Å². The third-order valence-electron chi connectivity index (χ3n) is 4.22. The lowest BCUT2D eigenvalue weighted by Gasteiger charge is -2.33. The Hall–Kier alpha value is -0.130. The molecule has 1 heterocycles. The van der Waals surface area contributed by atoms with Crippen molar-refractivity contribution in [3.8, 4) is 0 Å². The SMILES string of the molecule is CN(C1CCCCCC1)C1CS(=O)(=O)CC1O. The molecule has 0 radical (unpaired) electrons. The van der Waals surface area contributed by atoms with Crippen LogP contribution in [-0.2, 0) is 9.84 Å². The predicted molar refractivity (Wildman–Crippen MR) is 67.7 cm³/mol. The summed E-state index contributed by atoms with van der Waals surface area (Å²) in [7, 11) is -1.05. The third kappa shape index (κ3) is 3.20. The molecule has 0 aromatic rings. The summed E-state index contributed by atoms with van der Waals surface area (Å²) in [6.07, 6.45) is 6.61. The standard InChI is InChI=1S/C12H23NO3S/c1-13(10-6-4-2-3-5-7-10)11-8-17(15,16)9-12(11)14/h10-12,14H,2-9H2,1H3. The van der Waals surface area contributed by atoms with Crippen LogP contribution in [0.15, 0.2) is 0 Å². The molecule has 1 N–H and O–H groups in total. The van der Waals surface area contributed by atoms with Crippen molar-refractivity contribution in [2.24, 2.45) is 0 Å². The quantitative estimate of drug-likeness (QED) is 0.747. The molecule has 2 unspecified atom stereocenters. The molecular formula is C12H23NO3S. The molecule has 2 atom stereocenters. The van der Waals surface area contributed by atoms with E-state index in [4.69, 9.17) is 0 Å². The Labute approximate surface area is 104 Å². The summed E-state index contributed by atoms with van der Waals surface area (Å²) >= 11 is 0. The molecule has 0 spiro atoms. The van der Waals surface area contributed by atoms with Gasteiger partial charge in [-0.1, -0.05) is 25.7 Å². The molecule has 0 bridgehead atoms. The van der Waals surface area contributed by atoms with E-state index in [0.29, 0.717) is 6.04 Å². The molecule has 4 nitrogen and oxygen atoms in total. The summed E-state index contributed by atoms with van der Waals surface area (Å²) in [5.74, 6) is 0.0654. The van der Waals surface area contributed by atoms with Gasteiger partial charge in [-0.25, -0.2) is 8.42 Å². The highest BCUT2D eigenvalue weighted by Gasteiger charge is 2.40. The minimum atomic E-state index is -3.03. The molecule has 2 aliphatic rings. The molecule has 17 heavy (non-hydrogen) atoms. The van der Waals surface area contributed by atoms with Gasteiger partial charge in [-0.15, -0.1) is 0 Å². The van der Waals surface area contributed by atoms with E-state index in [1.165, 1.54) is 25.7 Å². The Kier molecular flexibility index (Phi) is 4.10.